The van der Waals surface area contributed by atoms with Gasteiger partial charge in [-0.3, -0.25) is 4.98 Å². The van der Waals surface area contributed by atoms with Crippen molar-refractivity contribution in [1.82, 2.24) is 9.29 Å². The SMILES string of the molecule is O=S(=O)(c1cncc2ccccc12)N1CCCCC1. The van der Waals surface area contributed by atoms with Gasteiger partial charge in [0.1, 0.15) is 4.90 Å². The lowest BCUT2D eigenvalue weighted by molar-refractivity contribution is 0.347. The molecule has 0 bridgehead atoms. The fourth-order valence-electron chi connectivity index (χ4n) is 2.54. The minimum absolute atomic E-state index is 0.326. The summed E-state index contributed by atoms with van der Waals surface area (Å²) in [6.45, 7) is 1.23. The van der Waals surface area contributed by atoms with Crippen molar-refractivity contribution >= 4 is 20.8 Å². The molecule has 0 spiro atoms. The van der Waals surface area contributed by atoms with Gasteiger partial charge in [0.05, 0.1) is 0 Å². The van der Waals surface area contributed by atoms with Gasteiger partial charge in [-0.15, -0.1) is 0 Å². The predicted octanol–water partition coefficient (Wildman–Crippen LogP) is 2.41. The number of hydrogen-bond donors (Lipinski definition) is 0. The first-order valence-corrected chi connectivity index (χ1v) is 7.96. The number of sulfonamides is 1. The average molecular weight is 276 g/mol. The highest BCUT2D eigenvalue weighted by molar-refractivity contribution is 7.89. The van der Waals surface area contributed by atoms with Crippen molar-refractivity contribution in [2.45, 2.75) is 24.2 Å². The van der Waals surface area contributed by atoms with Crippen LogP contribution in [0.3, 0.4) is 0 Å². The number of piperidine rings is 1. The van der Waals surface area contributed by atoms with Crippen molar-refractivity contribution < 1.29 is 8.42 Å². The van der Waals surface area contributed by atoms with Crippen molar-refractivity contribution in [3.05, 3.63) is 36.7 Å². The summed E-state index contributed by atoms with van der Waals surface area (Å²) in [5.41, 5.74) is 0. The number of fused-ring (bicyclic) bond motifs is 1. The molecule has 1 fully saturated rings. The molecule has 0 saturated carbocycles. The minimum atomic E-state index is -3.42. The summed E-state index contributed by atoms with van der Waals surface area (Å²) in [5.74, 6) is 0. The largest absolute Gasteiger partial charge is 0.263 e. The fourth-order valence-corrected chi connectivity index (χ4v) is 4.21. The maximum atomic E-state index is 12.7. The van der Waals surface area contributed by atoms with Crippen molar-refractivity contribution in [1.29, 1.82) is 0 Å². The maximum absolute atomic E-state index is 12.7. The number of hydrogen-bond acceptors (Lipinski definition) is 3. The van der Waals surface area contributed by atoms with E-state index in [4.69, 9.17) is 0 Å². The Kier molecular flexibility index (Phi) is 3.24. The van der Waals surface area contributed by atoms with E-state index >= 15 is 0 Å². The molecule has 0 amide bonds. The van der Waals surface area contributed by atoms with Crippen LogP contribution in [0.5, 0.6) is 0 Å². The Hall–Kier alpha value is -1.46. The summed E-state index contributed by atoms with van der Waals surface area (Å²) in [7, 11) is -3.42. The molecule has 1 aromatic heterocycles. The Morgan fingerprint density at radius 1 is 1.00 bits per heavy atom. The normalized spacial score (nSPS) is 17.7. The molecule has 0 aliphatic carbocycles. The van der Waals surface area contributed by atoms with Crippen LogP contribution in [0, 0.1) is 0 Å². The Bertz CT molecular complexity index is 686. The zero-order valence-corrected chi connectivity index (χ0v) is 11.4. The van der Waals surface area contributed by atoms with Gasteiger partial charge in [-0.2, -0.15) is 4.31 Å². The zero-order valence-electron chi connectivity index (χ0n) is 10.6. The molecule has 0 N–H and O–H groups in total. The lowest BCUT2D eigenvalue weighted by Crippen LogP contribution is -2.35. The fraction of sp³-hybridized carbons (Fsp3) is 0.357. The molecule has 1 saturated heterocycles. The van der Waals surface area contributed by atoms with Gasteiger partial charge in [-0.1, -0.05) is 30.7 Å². The average Bonchev–Trinajstić information content (AvgIpc) is 2.47. The number of rotatable bonds is 2. The first-order chi connectivity index (χ1) is 9.19. The first-order valence-electron chi connectivity index (χ1n) is 6.52. The summed E-state index contributed by atoms with van der Waals surface area (Å²) < 4.78 is 27.0. The number of nitrogens with zero attached hydrogens (tertiary/aromatic N) is 2. The van der Waals surface area contributed by atoms with E-state index in [1.807, 2.05) is 24.3 Å². The predicted molar refractivity (Wildman–Crippen MR) is 74.4 cm³/mol. The van der Waals surface area contributed by atoms with E-state index in [0.29, 0.717) is 18.0 Å². The lowest BCUT2D eigenvalue weighted by Gasteiger charge is -2.26. The van der Waals surface area contributed by atoms with Gasteiger partial charge < -0.3 is 0 Å². The lowest BCUT2D eigenvalue weighted by atomic mass is 10.2. The van der Waals surface area contributed by atoms with Crippen LogP contribution in [0.2, 0.25) is 0 Å². The van der Waals surface area contributed by atoms with Crippen LogP contribution in [0.4, 0.5) is 0 Å². The third-order valence-corrected chi connectivity index (χ3v) is 5.49. The number of benzene rings is 1. The van der Waals surface area contributed by atoms with Crippen molar-refractivity contribution in [3.63, 3.8) is 0 Å². The Labute approximate surface area is 113 Å². The van der Waals surface area contributed by atoms with E-state index < -0.39 is 10.0 Å². The second kappa shape index (κ2) is 4.90. The molecule has 4 nitrogen and oxygen atoms in total. The number of aromatic nitrogens is 1. The summed E-state index contributed by atoms with van der Waals surface area (Å²) in [4.78, 5) is 4.39. The smallest absolute Gasteiger partial charge is 0.245 e. The van der Waals surface area contributed by atoms with E-state index in [9.17, 15) is 8.42 Å². The van der Waals surface area contributed by atoms with Gasteiger partial charge >= 0.3 is 0 Å². The molecular weight excluding hydrogens is 260 g/mol. The molecule has 1 aromatic carbocycles. The molecule has 19 heavy (non-hydrogen) atoms. The molecule has 1 aliphatic rings. The second-order valence-electron chi connectivity index (χ2n) is 4.82. The quantitative estimate of drug-likeness (QED) is 0.846. The van der Waals surface area contributed by atoms with Crippen LogP contribution in [0.25, 0.3) is 10.8 Å². The van der Waals surface area contributed by atoms with Gasteiger partial charge in [-0.25, -0.2) is 8.42 Å². The third-order valence-electron chi connectivity index (χ3n) is 3.56. The second-order valence-corrected chi connectivity index (χ2v) is 6.73. The molecule has 0 atom stereocenters. The third kappa shape index (κ3) is 2.24. The topological polar surface area (TPSA) is 50.3 Å². The van der Waals surface area contributed by atoms with E-state index in [0.717, 1.165) is 30.0 Å². The Balaban J connectivity index is 2.12. The minimum Gasteiger partial charge on any atom is -0.263 e. The summed E-state index contributed by atoms with van der Waals surface area (Å²) in [6.07, 6.45) is 6.16. The Morgan fingerprint density at radius 3 is 2.53 bits per heavy atom. The summed E-state index contributed by atoms with van der Waals surface area (Å²) >= 11 is 0. The van der Waals surface area contributed by atoms with Gasteiger partial charge in [0, 0.05) is 36.3 Å². The molecule has 2 aromatic rings. The van der Waals surface area contributed by atoms with Gasteiger partial charge in [0.15, 0.2) is 0 Å². The van der Waals surface area contributed by atoms with Crippen molar-refractivity contribution in [3.8, 4) is 0 Å². The molecule has 5 heteroatoms. The van der Waals surface area contributed by atoms with Gasteiger partial charge in [0.25, 0.3) is 0 Å². The van der Waals surface area contributed by atoms with Crippen LogP contribution in [-0.4, -0.2) is 30.8 Å². The Morgan fingerprint density at radius 2 is 1.74 bits per heavy atom. The van der Waals surface area contributed by atoms with E-state index in [2.05, 4.69) is 4.98 Å². The van der Waals surface area contributed by atoms with E-state index in [1.165, 1.54) is 6.20 Å². The molecule has 0 radical (unpaired) electrons. The summed E-state index contributed by atoms with van der Waals surface area (Å²) in [5, 5.41) is 1.61. The highest BCUT2D eigenvalue weighted by Crippen LogP contribution is 2.26. The first kappa shape index (κ1) is 12.6. The van der Waals surface area contributed by atoms with Gasteiger partial charge in [0.2, 0.25) is 10.0 Å². The van der Waals surface area contributed by atoms with Crippen LogP contribution in [0.15, 0.2) is 41.6 Å². The zero-order chi connectivity index (χ0) is 13.3. The van der Waals surface area contributed by atoms with Crippen LogP contribution in [-0.2, 0) is 10.0 Å². The molecule has 100 valence electrons. The van der Waals surface area contributed by atoms with Crippen LogP contribution >= 0.6 is 0 Å². The molecule has 3 rings (SSSR count). The van der Waals surface area contributed by atoms with Crippen LogP contribution < -0.4 is 0 Å². The van der Waals surface area contributed by atoms with Crippen molar-refractivity contribution in [2.24, 2.45) is 0 Å². The highest BCUT2D eigenvalue weighted by atomic mass is 32.2. The highest BCUT2D eigenvalue weighted by Gasteiger charge is 2.27. The van der Waals surface area contributed by atoms with E-state index in [1.54, 1.807) is 10.5 Å². The van der Waals surface area contributed by atoms with Crippen molar-refractivity contribution in [2.75, 3.05) is 13.1 Å². The monoisotopic (exact) mass is 276 g/mol. The molecule has 1 aliphatic heterocycles. The number of pyridine rings is 1. The van der Waals surface area contributed by atoms with Crippen LogP contribution in [0.1, 0.15) is 19.3 Å². The molecular formula is C14H16N2O2S. The van der Waals surface area contributed by atoms with E-state index in [-0.39, 0.29) is 0 Å². The van der Waals surface area contributed by atoms with Gasteiger partial charge in [-0.05, 0) is 12.8 Å². The molecule has 0 unspecified atom stereocenters. The standard InChI is InChI=1S/C14H16N2O2S/c17-19(18,16-8-4-1-5-9-16)14-11-15-10-12-6-2-3-7-13(12)14/h2-3,6-7,10-11H,1,4-5,8-9H2. The summed E-state index contributed by atoms with van der Waals surface area (Å²) in [6, 6.07) is 7.48. The maximum Gasteiger partial charge on any atom is 0.245 e. The molecule has 2 heterocycles.